The van der Waals surface area contributed by atoms with E-state index in [9.17, 15) is 0 Å². The van der Waals surface area contributed by atoms with Crippen molar-refractivity contribution >= 4 is 0 Å². The van der Waals surface area contributed by atoms with Crippen molar-refractivity contribution in [3.8, 4) is 0 Å². The molecule has 44 valence electrons. The zero-order chi connectivity index (χ0) is 5.11. The molecule has 1 rings (SSSR count). The molecule has 3 nitrogen and oxygen atoms in total. The molecule has 0 aromatic carbocycles. The Kier molecular flexibility index (Phi) is 2.72. The van der Waals surface area contributed by atoms with E-state index >= 15 is 0 Å². The van der Waals surface area contributed by atoms with E-state index < -0.39 is 0 Å². The number of nitrogens with zero attached hydrogens (tertiary/aromatic N) is 2. The molecule has 8 heavy (non-hydrogen) atoms. The molecular formula is C5H8N2O. The molecule has 2 N–H and O–H groups in total. The summed E-state index contributed by atoms with van der Waals surface area (Å²) in [5, 5.41) is 0. The summed E-state index contributed by atoms with van der Waals surface area (Å²) in [5.41, 5.74) is 0.961. The zero-order valence-electron chi connectivity index (χ0n) is 4.63. The normalized spacial score (nSPS) is 7.62. The highest BCUT2D eigenvalue weighted by Crippen LogP contribution is 1.81. The molecule has 1 heterocycles. The minimum absolute atomic E-state index is 0. The van der Waals surface area contributed by atoms with Crippen LogP contribution < -0.4 is 0 Å². The van der Waals surface area contributed by atoms with Crippen LogP contribution in [0.25, 0.3) is 0 Å². The molecule has 1 aromatic rings. The molecule has 0 saturated heterocycles. The van der Waals surface area contributed by atoms with Gasteiger partial charge in [-0.15, -0.1) is 0 Å². The molecule has 0 atom stereocenters. The lowest BCUT2D eigenvalue weighted by Crippen LogP contribution is -1.77. The van der Waals surface area contributed by atoms with Gasteiger partial charge in [-0.05, 0) is 6.92 Å². The number of hydrogen-bond acceptors (Lipinski definition) is 2. The Labute approximate surface area is 47.7 Å². The Hall–Kier alpha value is -0.960. The molecule has 0 unspecified atom stereocenters. The van der Waals surface area contributed by atoms with Gasteiger partial charge in [-0.25, -0.2) is 0 Å². The van der Waals surface area contributed by atoms with Crippen LogP contribution in [0, 0.1) is 6.92 Å². The molecule has 0 amide bonds. The number of hydrogen-bond donors (Lipinski definition) is 0. The number of aromatic nitrogens is 2. The first-order valence-corrected chi connectivity index (χ1v) is 2.12. The Morgan fingerprint density at radius 3 is 2.38 bits per heavy atom. The van der Waals surface area contributed by atoms with Gasteiger partial charge in [-0.1, -0.05) is 0 Å². The molecule has 3 heteroatoms. The minimum atomic E-state index is 0. The highest BCUT2D eigenvalue weighted by atomic mass is 16.0. The van der Waals surface area contributed by atoms with Crippen LogP contribution in [0.4, 0.5) is 0 Å². The van der Waals surface area contributed by atoms with Crippen LogP contribution in [0.3, 0.4) is 0 Å². The van der Waals surface area contributed by atoms with Crippen molar-refractivity contribution < 1.29 is 5.48 Å². The molecule has 0 saturated carbocycles. The van der Waals surface area contributed by atoms with Crippen LogP contribution >= 0.6 is 0 Å². The van der Waals surface area contributed by atoms with E-state index in [1.165, 1.54) is 0 Å². The fraction of sp³-hybridized carbons (Fsp3) is 0.200. The first-order chi connectivity index (χ1) is 3.39. The van der Waals surface area contributed by atoms with Crippen molar-refractivity contribution in [1.29, 1.82) is 0 Å². The van der Waals surface area contributed by atoms with Crippen LogP contribution in [-0.2, 0) is 0 Å². The third kappa shape index (κ3) is 1.66. The maximum atomic E-state index is 3.92. The van der Waals surface area contributed by atoms with Gasteiger partial charge < -0.3 is 5.48 Å². The topological polar surface area (TPSA) is 57.3 Å². The van der Waals surface area contributed by atoms with Crippen molar-refractivity contribution in [2.24, 2.45) is 0 Å². The van der Waals surface area contributed by atoms with Gasteiger partial charge in [-0.3, -0.25) is 9.97 Å². The third-order valence-corrected chi connectivity index (χ3v) is 0.692. The summed E-state index contributed by atoms with van der Waals surface area (Å²) in [6, 6.07) is 0. The van der Waals surface area contributed by atoms with Gasteiger partial charge in [0, 0.05) is 18.6 Å². The van der Waals surface area contributed by atoms with Crippen LogP contribution in [-0.4, -0.2) is 15.4 Å². The van der Waals surface area contributed by atoms with Crippen LogP contribution in [0.2, 0.25) is 0 Å². The highest BCUT2D eigenvalue weighted by molar-refractivity contribution is 4.88. The molecule has 0 aliphatic heterocycles. The quantitative estimate of drug-likeness (QED) is 0.472. The summed E-state index contributed by atoms with van der Waals surface area (Å²) in [6.07, 6.45) is 5.06. The van der Waals surface area contributed by atoms with Crippen LogP contribution in [0.15, 0.2) is 18.6 Å². The smallest absolute Gasteiger partial charge is 0.0555 e. The van der Waals surface area contributed by atoms with Gasteiger partial charge in [0.05, 0.1) is 5.69 Å². The molecule has 1 aromatic heterocycles. The Balaban J connectivity index is 0.000000490. The van der Waals surface area contributed by atoms with Crippen molar-refractivity contribution in [1.82, 2.24) is 9.97 Å². The molecular weight excluding hydrogens is 104 g/mol. The summed E-state index contributed by atoms with van der Waals surface area (Å²) >= 11 is 0. The SMILES string of the molecule is Cc1cnccn1.O. The van der Waals surface area contributed by atoms with E-state index in [2.05, 4.69) is 9.97 Å². The van der Waals surface area contributed by atoms with Crippen LogP contribution in [0.1, 0.15) is 5.69 Å². The van der Waals surface area contributed by atoms with Gasteiger partial charge in [-0.2, -0.15) is 0 Å². The van der Waals surface area contributed by atoms with Gasteiger partial charge in [0.2, 0.25) is 0 Å². The fourth-order valence-corrected chi connectivity index (χ4v) is 0.374. The summed E-state index contributed by atoms with van der Waals surface area (Å²) < 4.78 is 0. The molecule has 0 aliphatic carbocycles. The molecule has 0 bridgehead atoms. The van der Waals surface area contributed by atoms with E-state index in [1.807, 2.05) is 6.92 Å². The lowest BCUT2D eigenvalue weighted by atomic mass is 10.5. The Bertz CT molecular complexity index is 140. The first kappa shape index (κ1) is 7.04. The standard InChI is InChI=1S/C5H6N2.H2O/c1-5-4-6-2-3-7-5;/h2-4H,1H3;1H2. The van der Waals surface area contributed by atoms with E-state index in [4.69, 9.17) is 0 Å². The van der Waals surface area contributed by atoms with Crippen molar-refractivity contribution in [2.45, 2.75) is 6.92 Å². The monoisotopic (exact) mass is 112 g/mol. The molecule has 0 fully saturated rings. The first-order valence-electron chi connectivity index (χ1n) is 2.12. The maximum Gasteiger partial charge on any atom is 0.0555 e. The average molecular weight is 112 g/mol. The zero-order valence-corrected chi connectivity index (χ0v) is 4.63. The summed E-state index contributed by atoms with van der Waals surface area (Å²) in [4.78, 5) is 7.74. The van der Waals surface area contributed by atoms with Crippen molar-refractivity contribution in [3.05, 3.63) is 24.3 Å². The van der Waals surface area contributed by atoms with Crippen molar-refractivity contribution in [3.63, 3.8) is 0 Å². The lowest BCUT2D eigenvalue weighted by Gasteiger charge is -1.81. The second kappa shape index (κ2) is 3.10. The van der Waals surface area contributed by atoms with E-state index in [0.717, 1.165) is 5.69 Å². The van der Waals surface area contributed by atoms with E-state index in [0.29, 0.717) is 0 Å². The fourth-order valence-electron chi connectivity index (χ4n) is 0.374. The predicted octanol–water partition coefficient (Wildman–Crippen LogP) is -0.0397. The average Bonchev–Trinajstić information content (AvgIpc) is 1.69. The van der Waals surface area contributed by atoms with Crippen LogP contribution in [0.5, 0.6) is 0 Å². The predicted molar refractivity (Wildman–Crippen MR) is 30.4 cm³/mol. The molecule has 0 aliphatic rings. The van der Waals surface area contributed by atoms with Crippen molar-refractivity contribution in [2.75, 3.05) is 0 Å². The Morgan fingerprint density at radius 2 is 2.12 bits per heavy atom. The largest absolute Gasteiger partial charge is 0.412 e. The second-order valence-electron chi connectivity index (χ2n) is 1.35. The number of aryl methyl sites for hydroxylation is 1. The highest BCUT2D eigenvalue weighted by Gasteiger charge is 1.74. The lowest BCUT2D eigenvalue weighted by molar-refractivity contribution is 0.824. The summed E-state index contributed by atoms with van der Waals surface area (Å²) in [7, 11) is 0. The number of rotatable bonds is 0. The van der Waals surface area contributed by atoms with E-state index in [1.54, 1.807) is 18.6 Å². The second-order valence-corrected chi connectivity index (χ2v) is 1.35. The summed E-state index contributed by atoms with van der Waals surface area (Å²) in [5.74, 6) is 0. The van der Waals surface area contributed by atoms with Gasteiger partial charge >= 0.3 is 0 Å². The van der Waals surface area contributed by atoms with Gasteiger partial charge in [0.15, 0.2) is 0 Å². The Morgan fingerprint density at radius 1 is 1.38 bits per heavy atom. The van der Waals surface area contributed by atoms with Gasteiger partial charge in [0.25, 0.3) is 0 Å². The third-order valence-electron chi connectivity index (χ3n) is 0.692. The summed E-state index contributed by atoms with van der Waals surface area (Å²) in [6.45, 7) is 1.91. The minimum Gasteiger partial charge on any atom is -0.412 e. The van der Waals surface area contributed by atoms with Gasteiger partial charge in [0.1, 0.15) is 0 Å². The molecule has 0 spiro atoms. The maximum absolute atomic E-state index is 3.92. The van der Waals surface area contributed by atoms with E-state index in [-0.39, 0.29) is 5.48 Å². The molecule has 0 radical (unpaired) electrons.